The SMILES string of the molecule is Cc1ccc(S(=O)(=O)N2CCCCC2C=O)cc1C. The Labute approximate surface area is 114 Å². The van der Waals surface area contributed by atoms with E-state index in [2.05, 4.69) is 0 Å². The third kappa shape index (κ3) is 2.72. The molecule has 1 aromatic carbocycles. The first-order valence-electron chi connectivity index (χ1n) is 6.51. The van der Waals surface area contributed by atoms with Crippen LogP contribution in [0.2, 0.25) is 0 Å². The number of benzene rings is 1. The van der Waals surface area contributed by atoms with E-state index in [-0.39, 0.29) is 4.90 Å². The molecular weight excluding hydrogens is 262 g/mol. The van der Waals surface area contributed by atoms with Gasteiger partial charge in [0.2, 0.25) is 10.0 Å². The number of carbonyl (C=O) groups is 1. The second kappa shape index (κ2) is 5.43. The summed E-state index contributed by atoms with van der Waals surface area (Å²) in [6.07, 6.45) is 3.09. The predicted octanol–water partition coefficient (Wildman–Crippen LogP) is 2.05. The summed E-state index contributed by atoms with van der Waals surface area (Å²) in [5, 5.41) is 0. The van der Waals surface area contributed by atoms with Gasteiger partial charge in [-0.25, -0.2) is 8.42 Å². The Morgan fingerprint density at radius 1 is 1.21 bits per heavy atom. The van der Waals surface area contributed by atoms with Crippen LogP contribution in [0.1, 0.15) is 30.4 Å². The summed E-state index contributed by atoms with van der Waals surface area (Å²) in [6.45, 7) is 4.27. The Hall–Kier alpha value is -1.20. The van der Waals surface area contributed by atoms with Gasteiger partial charge in [0.1, 0.15) is 6.29 Å². The minimum Gasteiger partial charge on any atom is -0.302 e. The van der Waals surface area contributed by atoms with Gasteiger partial charge in [-0.1, -0.05) is 12.5 Å². The molecule has 0 aromatic heterocycles. The van der Waals surface area contributed by atoms with E-state index in [4.69, 9.17) is 0 Å². The van der Waals surface area contributed by atoms with E-state index in [1.165, 1.54) is 4.31 Å². The predicted molar refractivity (Wildman–Crippen MR) is 73.5 cm³/mol. The zero-order valence-electron chi connectivity index (χ0n) is 11.3. The van der Waals surface area contributed by atoms with Crippen molar-refractivity contribution in [2.24, 2.45) is 0 Å². The molecule has 1 aromatic rings. The van der Waals surface area contributed by atoms with Gasteiger partial charge in [-0.2, -0.15) is 4.31 Å². The van der Waals surface area contributed by atoms with Crippen LogP contribution in [0.15, 0.2) is 23.1 Å². The Morgan fingerprint density at radius 2 is 1.95 bits per heavy atom. The van der Waals surface area contributed by atoms with Crippen LogP contribution in [0, 0.1) is 13.8 Å². The number of rotatable bonds is 3. The maximum atomic E-state index is 12.6. The molecule has 1 fully saturated rings. The summed E-state index contributed by atoms with van der Waals surface area (Å²) in [4.78, 5) is 11.3. The second-order valence-electron chi connectivity index (χ2n) is 5.06. The van der Waals surface area contributed by atoms with Crippen molar-refractivity contribution in [3.8, 4) is 0 Å². The normalized spacial score (nSPS) is 21.3. The number of aryl methyl sites for hydroxylation is 2. The smallest absolute Gasteiger partial charge is 0.243 e. The molecular formula is C14H19NO3S. The van der Waals surface area contributed by atoms with E-state index >= 15 is 0 Å². The minimum absolute atomic E-state index is 0.282. The second-order valence-corrected chi connectivity index (χ2v) is 6.95. The molecule has 19 heavy (non-hydrogen) atoms. The zero-order chi connectivity index (χ0) is 14.0. The fraction of sp³-hybridized carbons (Fsp3) is 0.500. The molecule has 104 valence electrons. The summed E-state index contributed by atoms with van der Waals surface area (Å²) in [5.41, 5.74) is 2.00. The van der Waals surface area contributed by atoms with Gasteiger partial charge in [-0.05, 0) is 49.9 Å². The zero-order valence-corrected chi connectivity index (χ0v) is 12.1. The lowest BCUT2D eigenvalue weighted by Crippen LogP contribution is -2.44. The summed E-state index contributed by atoms with van der Waals surface area (Å²) in [5.74, 6) is 0. The first kappa shape index (κ1) is 14.2. The maximum absolute atomic E-state index is 12.6. The van der Waals surface area contributed by atoms with Crippen molar-refractivity contribution in [3.63, 3.8) is 0 Å². The van der Waals surface area contributed by atoms with E-state index in [0.29, 0.717) is 13.0 Å². The molecule has 0 amide bonds. The van der Waals surface area contributed by atoms with Gasteiger partial charge >= 0.3 is 0 Å². The number of carbonyl (C=O) groups excluding carboxylic acids is 1. The van der Waals surface area contributed by atoms with Crippen molar-refractivity contribution < 1.29 is 13.2 Å². The van der Waals surface area contributed by atoms with Crippen LogP contribution < -0.4 is 0 Å². The van der Waals surface area contributed by atoms with Crippen LogP contribution in [0.25, 0.3) is 0 Å². The third-order valence-corrected chi connectivity index (χ3v) is 5.66. The summed E-state index contributed by atoms with van der Waals surface area (Å²) >= 11 is 0. The molecule has 0 saturated carbocycles. The quantitative estimate of drug-likeness (QED) is 0.797. The highest BCUT2D eigenvalue weighted by Crippen LogP contribution is 2.25. The molecule has 0 bridgehead atoms. The standard InChI is InChI=1S/C14H19NO3S/c1-11-6-7-14(9-12(11)2)19(17,18)15-8-4-3-5-13(15)10-16/h6-7,9-10,13H,3-5,8H2,1-2H3. The highest BCUT2D eigenvalue weighted by molar-refractivity contribution is 7.89. The van der Waals surface area contributed by atoms with Gasteiger partial charge in [0.25, 0.3) is 0 Å². The molecule has 1 saturated heterocycles. The largest absolute Gasteiger partial charge is 0.302 e. The van der Waals surface area contributed by atoms with E-state index < -0.39 is 16.1 Å². The van der Waals surface area contributed by atoms with Gasteiger partial charge < -0.3 is 4.79 Å². The fourth-order valence-corrected chi connectivity index (χ4v) is 4.09. The van der Waals surface area contributed by atoms with Crippen molar-refractivity contribution in [2.45, 2.75) is 44.0 Å². The van der Waals surface area contributed by atoms with Gasteiger partial charge in [-0.15, -0.1) is 0 Å². The first-order chi connectivity index (χ1) is 8.96. The van der Waals surface area contributed by atoms with Crippen LogP contribution in [0.3, 0.4) is 0 Å². The molecule has 0 aliphatic carbocycles. The van der Waals surface area contributed by atoms with E-state index in [1.54, 1.807) is 12.1 Å². The Morgan fingerprint density at radius 3 is 2.58 bits per heavy atom. The molecule has 1 aliphatic rings. The third-order valence-electron chi connectivity index (χ3n) is 3.74. The van der Waals surface area contributed by atoms with Crippen LogP contribution in [-0.4, -0.2) is 31.6 Å². The molecule has 4 nitrogen and oxygen atoms in total. The fourth-order valence-electron chi connectivity index (χ4n) is 2.38. The molecule has 1 heterocycles. The first-order valence-corrected chi connectivity index (χ1v) is 7.95. The molecule has 1 unspecified atom stereocenters. The van der Waals surface area contributed by atoms with Crippen LogP contribution >= 0.6 is 0 Å². The number of nitrogens with zero attached hydrogens (tertiary/aromatic N) is 1. The van der Waals surface area contributed by atoms with E-state index in [9.17, 15) is 13.2 Å². The molecule has 1 aliphatic heterocycles. The number of aldehydes is 1. The average molecular weight is 281 g/mol. The highest BCUT2D eigenvalue weighted by atomic mass is 32.2. The number of piperidine rings is 1. The summed E-state index contributed by atoms with van der Waals surface area (Å²) < 4.78 is 26.5. The van der Waals surface area contributed by atoms with E-state index in [1.807, 2.05) is 19.9 Å². The van der Waals surface area contributed by atoms with E-state index in [0.717, 1.165) is 30.3 Å². The maximum Gasteiger partial charge on any atom is 0.243 e. The summed E-state index contributed by atoms with van der Waals surface area (Å²) in [6, 6.07) is 4.59. The van der Waals surface area contributed by atoms with Crippen LogP contribution in [0.5, 0.6) is 0 Å². The van der Waals surface area contributed by atoms with Crippen molar-refractivity contribution in [2.75, 3.05) is 6.54 Å². The lowest BCUT2D eigenvalue weighted by atomic mass is 10.1. The minimum atomic E-state index is -3.56. The van der Waals surface area contributed by atoms with Crippen LogP contribution in [-0.2, 0) is 14.8 Å². The molecule has 0 spiro atoms. The topological polar surface area (TPSA) is 54.5 Å². The van der Waals surface area contributed by atoms with Crippen molar-refractivity contribution in [3.05, 3.63) is 29.3 Å². The van der Waals surface area contributed by atoms with Crippen molar-refractivity contribution in [1.29, 1.82) is 0 Å². The van der Waals surface area contributed by atoms with Crippen molar-refractivity contribution >= 4 is 16.3 Å². The highest BCUT2D eigenvalue weighted by Gasteiger charge is 2.33. The van der Waals surface area contributed by atoms with Gasteiger partial charge in [-0.3, -0.25) is 0 Å². The number of sulfonamides is 1. The molecule has 0 radical (unpaired) electrons. The molecule has 2 rings (SSSR count). The Balaban J connectivity index is 2.40. The van der Waals surface area contributed by atoms with Gasteiger partial charge in [0, 0.05) is 6.54 Å². The number of hydrogen-bond donors (Lipinski definition) is 0. The van der Waals surface area contributed by atoms with Crippen molar-refractivity contribution in [1.82, 2.24) is 4.31 Å². The summed E-state index contributed by atoms with van der Waals surface area (Å²) in [7, 11) is -3.56. The molecule has 0 N–H and O–H groups in total. The van der Waals surface area contributed by atoms with Gasteiger partial charge in [0.15, 0.2) is 0 Å². The number of hydrogen-bond acceptors (Lipinski definition) is 3. The van der Waals surface area contributed by atoms with Crippen LogP contribution in [0.4, 0.5) is 0 Å². The average Bonchev–Trinajstić information content (AvgIpc) is 2.41. The lowest BCUT2D eigenvalue weighted by Gasteiger charge is -2.31. The van der Waals surface area contributed by atoms with Gasteiger partial charge in [0.05, 0.1) is 10.9 Å². The monoisotopic (exact) mass is 281 g/mol. The Kier molecular flexibility index (Phi) is 4.06. The molecule has 1 atom stereocenters. The lowest BCUT2D eigenvalue weighted by molar-refractivity contribution is -0.111. The Bertz CT molecular complexity index is 580. The molecule has 5 heteroatoms.